The quantitative estimate of drug-likeness (QED) is 0.208. The first-order valence-electron chi connectivity index (χ1n) is 10.3. The molecule has 0 bridgehead atoms. The minimum absolute atomic E-state index is 0.288. The molecule has 0 saturated heterocycles. The minimum Gasteiger partial charge on any atom is -0.481 e. The predicted octanol–water partition coefficient (Wildman–Crippen LogP) is 7.44. The van der Waals surface area contributed by atoms with Crippen molar-refractivity contribution in [2.45, 2.75) is 110 Å². The molecule has 0 fully saturated rings. The summed E-state index contributed by atoms with van der Waals surface area (Å²) >= 11 is 0. The first-order valence-corrected chi connectivity index (χ1v) is 10.3. The predicted molar refractivity (Wildman–Crippen MR) is 105 cm³/mol. The standard InChI is InChI=1S/C22H40O2/c1-2-3-4-5-6-7-8-9-10-11-12-13-14-15-16-17-18-19-20-21-22(23)24/h9-10,17-18H,2-8,11-16,19-21H2,1H3,(H,23,24)/b10-9+,18-17+. The van der Waals surface area contributed by atoms with Crippen molar-refractivity contribution in [3.8, 4) is 0 Å². The number of unbranched alkanes of at least 4 members (excludes halogenated alkanes) is 12. The molecule has 0 aromatic rings. The number of carboxylic acids is 1. The Hall–Kier alpha value is -1.05. The van der Waals surface area contributed by atoms with Gasteiger partial charge in [-0.25, -0.2) is 0 Å². The molecule has 0 rings (SSSR count). The molecule has 0 saturated carbocycles. The molecule has 0 spiro atoms. The number of rotatable bonds is 18. The highest BCUT2D eigenvalue weighted by Crippen LogP contribution is 2.09. The van der Waals surface area contributed by atoms with E-state index in [-0.39, 0.29) is 6.42 Å². The minimum atomic E-state index is -0.690. The van der Waals surface area contributed by atoms with Crippen LogP contribution in [0.15, 0.2) is 24.3 Å². The van der Waals surface area contributed by atoms with Gasteiger partial charge in [-0.15, -0.1) is 0 Å². The monoisotopic (exact) mass is 336 g/mol. The van der Waals surface area contributed by atoms with Crippen LogP contribution in [0.25, 0.3) is 0 Å². The topological polar surface area (TPSA) is 37.3 Å². The molecule has 0 aliphatic carbocycles. The van der Waals surface area contributed by atoms with Gasteiger partial charge < -0.3 is 5.11 Å². The van der Waals surface area contributed by atoms with Crippen molar-refractivity contribution in [3.63, 3.8) is 0 Å². The van der Waals surface area contributed by atoms with E-state index in [0.29, 0.717) is 0 Å². The van der Waals surface area contributed by atoms with Gasteiger partial charge in [0.05, 0.1) is 0 Å². The van der Waals surface area contributed by atoms with Crippen molar-refractivity contribution in [1.82, 2.24) is 0 Å². The maximum atomic E-state index is 10.4. The van der Waals surface area contributed by atoms with E-state index in [1.54, 1.807) is 0 Å². The summed E-state index contributed by atoms with van der Waals surface area (Å²) in [6.07, 6.45) is 28.2. The van der Waals surface area contributed by atoms with Gasteiger partial charge in [0, 0.05) is 6.42 Å². The molecule has 0 aliphatic heterocycles. The highest BCUT2D eigenvalue weighted by molar-refractivity contribution is 5.66. The third-order valence-corrected chi connectivity index (χ3v) is 4.31. The molecule has 0 atom stereocenters. The maximum absolute atomic E-state index is 10.4. The van der Waals surface area contributed by atoms with Gasteiger partial charge in [0.2, 0.25) is 0 Å². The average molecular weight is 337 g/mol. The Kier molecular flexibility index (Phi) is 19.1. The van der Waals surface area contributed by atoms with Crippen molar-refractivity contribution in [3.05, 3.63) is 24.3 Å². The van der Waals surface area contributed by atoms with Crippen LogP contribution in [0.5, 0.6) is 0 Å². The van der Waals surface area contributed by atoms with Crippen LogP contribution >= 0.6 is 0 Å². The molecule has 0 aliphatic rings. The van der Waals surface area contributed by atoms with E-state index < -0.39 is 5.97 Å². The van der Waals surface area contributed by atoms with Crippen LogP contribution in [0.3, 0.4) is 0 Å². The third kappa shape index (κ3) is 20.9. The second-order valence-corrected chi connectivity index (χ2v) is 6.78. The fourth-order valence-electron chi connectivity index (χ4n) is 2.76. The number of carbonyl (C=O) groups is 1. The Morgan fingerprint density at radius 2 is 1.00 bits per heavy atom. The smallest absolute Gasteiger partial charge is 0.303 e. The molecule has 0 radical (unpaired) electrons. The van der Waals surface area contributed by atoms with Crippen LogP contribution in [0.2, 0.25) is 0 Å². The van der Waals surface area contributed by atoms with E-state index in [4.69, 9.17) is 5.11 Å². The van der Waals surface area contributed by atoms with Gasteiger partial charge in [-0.3, -0.25) is 4.79 Å². The summed E-state index contributed by atoms with van der Waals surface area (Å²) in [4.78, 5) is 10.4. The second kappa shape index (κ2) is 20.0. The summed E-state index contributed by atoms with van der Waals surface area (Å²) in [5.74, 6) is -0.690. The zero-order valence-electron chi connectivity index (χ0n) is 16.0. The molecule has 0 amide bonds. The molecule has 0 aromatic heterocycles. The van der Waals surface area contributed by atoms with Gasteiger partial charge in [0.15, 0.2) is 0 Å². The summed E-state index contributed by atoms with van der Waals surface area (Å²) in [5, 5.41) is 8.53. The van der Waals surface area contributed by atoms with Crippen LogP contribution in [0.1, 0.15) is 110 Å². The van der Waals surface area contributed by atoms with E-state index in [9.17, 15) is 4.79 Å². The summed E-state index contributed by atoms with van der Waals surface area (Å²) in [7, 11) is 0. The SMILES string of the molecule is CCCCCCCC/C=C/CCCCCC/C=C/CCCC(=O)O. The fraction of sp³-hybridized carbons (Fsp3) is 0.773. The van der Waals surface area contributed by atoms with E-state index in [2.05, 4.69) is 31.2 Å². The van der Waals surface area contributed by atoms with Gasteiger partial charge in [-0.2, -0.15) is 0 Å². The van der Waals surface area contributed by atoms with Crippen molar-refractivity contribution in [2.75, 3.05) is 0 Å². The number of hydrogen-bond acceptors (Lipinski definition) is 1. The summed E-state index contributed by atoms with van der Waals surface area (Å²) < 4.78 is 0. The third-order valence-electron chi connectivity index (χ3n) is 4.31. The molecular weight excluding hydrogens is 296 g/mol. The summed E-state index contributed by atoms with van der Waals surface area (Å²) in [6.45, 7) is 2.27. The van der Waals surface area contributed by atoms with Crippen molar-refractivity contribution in [2.24, 2.45) is 0 Å². The van der Waals surface area contributed by atoms with Crippen molar-refractivity contribution >= 4 is 5.97 Å². The number of hydrogen-bond donors (Lipinski definition) is 1. The molecule has 2 heteroatoms. The van der Waals surface area contributed by atoms with Crippen LogP contribution in [-0.4, -0.2) is 11.1 Å². The lowest BCUT2D eigenvalue weighted by atomic mass is 10.1. The molecule has 1 N–H and O–H groups in total. The lowest BCUT2D eigenvalue weighted by molar-refractivity contribution is -0.137. The average Bonchev–Trinajstić information content (AvgIpc) is 2.56. The van der Waals surface area contributed by atoms with Crippen molar-refractivity contribution < 1.29 is 9.90 Å². The first kappa shape index (κ1) is 22.9. The molecule has 24 heavy (non-hydrogen) atoms. The highest BCUT2D eigenvalue weighted by Gasteiger charge is 1.93. The van der Waals surface area contributed by atoms with E-state index in [1.165, 1.54) is 77.0 Å². The molecule has 0 aromatic carbocycles. The van der Waals surface area contributed by atoms with Crippen LogP contribution < -0.4 is 0 Å². The number of allylic oxidation sites excluding steroid dienone is 4. The normalized spacial score (nSPS) is 11.7. The number of carboxylic acid groups (broad SMARTS) is 1. The summed E-state index contributed by atoms with van der Waals surface area (Å²) in [5.41, 5.74) is 0. The van der Waals surface area contributed by atoms with Gasteiger partial charge in [-0.1, -0.05) is 76.2 Å². The van der Waals surface area contributed by atoms with E-state index in [0.717, 1.165) is 19.3 Å². The Morgan fingerprint density at radius 1 is 0.625 bits per heavy atom. The van der Waals surface area contributed by atoms with E-state index in [1.807, 2.05) is 0 Å². The van der Waals surface area contributed by atoms with Gasteiger partial charge >= 0.3 is 5.97 Å². The van der Waals surface area contributed by atoms with Crippen molar-refractivity contribution in [1.29, 1.82) is 0 Å². The molecule has 0 heterocycles. The Morgan fingerprint density at radius 3 is 1.42 bits per heavy atom. The summed E-state index contributed by atoms with van der Waals surface area (Å²) in [6, 6.07) is 0. The molecular formula is C22H40O2. The molecule has 2 nitrogen and oxygen atoms in total. The lowest BCUT2D eigenvalue weighted by Gasteiger charge is -1.98. The Bertz CT molecular complexity index is 318. The van der Waals surface area contributed by atoms with Crippen LogP contribution in [0.4, 0.5) is 0 Å². The second-order valence-electron chi connectivity index (χ2n) is 6.78. The fourth-order valence-corrected chi connectivity index (χ4v) is 2.76. The zero-order chi connectivity index (χ0) is 17.7. The lowest BCUT2D eigenvalue weighted by Crippen LogP contribution is -1.92. The van der Waals surface area contributed by atoms with Gasteiger partial charge in [0.1, 0.15) is 0 Å². The van der Waals surface area contributed by atoms with Crippen LogP contribution in [-0.2, 0) is 4.79 Å². The van der Waals surface area contributed by atoms with Crippen LogP contribution in [0, 0.1) is 0 Å². The highest BCUT2D eigenvalue weighted by atomic mass is 16.4. The largest absolute Gasteiger partial charge is 0.481 e. The maximum Gasteiger partial charge on any atom is 0.303 e. The molecule has 140 valence electrons. The Labute approximate surface area is 150 Å². The van der Waals surface area contributed by atoms with Gasteiger partial charge in [0.25, 0.3) is 0 Å². The molecule has 0 unspecified atom stereocenters. The van der Waals surface area contributed by atoms with Gasteiger partial charge in [-0.05, 0) is 51.4 Å². The first-order chi connectivity index (χ1) is 11.8. The Balaban J connectivity index is 3.15. The zero-order valence-corrected chi connectivity index (χ0v) is 16.0. The van der Waals surface area contributed by atoms with E-state index >= 15 is 0 Å². The number of aliphatic carboxylic acids is 1.